The van der Waals surface area contributed by atoms with Gasteiger partial charge in [-0.05, 0) is 43.4 Å². The quantitative estimate of drug-likeness (QED) is 0.754. The van der Waals surface area contributed by atoms with Crippen molar-refractivity contribution in [2.75, 3.05) is 13.2 Å². The van der Waals surface area contributed by atoms with Gasteiger partial charge in [-0.2, -0.15) is 0 Å². The van der Waals surface area contributed by atoms with Crippen LogP contribution in [0.4, 0.5) is 0 Å². The Morgan fingerprint density at radius 3 is 2.93 bits per heavy atom. The minimum absolute atomic E-state index is 0.404. The minimum atomic E-state index is 0.404. The van der Waals surface area contributed by atoms with Crippen molar-refractivity contribution in [2.45, 2.75) is 25.9 Å². The molecule has 3 nitrogen and oxygen atoms in total. The molecule has 1 saturated carbocycles. The average Bonchev–Trinajstić information content (AvgIpc) is 2.75. The van der Waals surface area contributed by atoms with Crippen LogP contribution in [-0.4, -0.2) is 13.2 Å². The molecule has 2 rings (SSSR count). The first-order valence-electron chi connectivity index (χ1n) is 5.15. The Balaban J connectivity index is 1.68. The minimum Gasteiger partial charge on any atom is -0.467 e. The van der Waals surface area contributed by atoms with Crippen molar-refractivity contribution in [3.05, 3.63) is 24.2 Å². The third-order valence-corrected chi connectivity index (χ3v) is 2.86. The summed E-state index contributed by atoms with van der Waals surface area (Å²) in [6, 6.07) is 3.81. The number of hydrogen-bond acceptors (Lipinski definition) is 3. The Morgan fingerprint density at radius 1 is 1.50 bits per heavy atom. The maximum Gasteiger partial charge on any atom is 0.129 e. The smallest absolute Gasteiger partial charge is 0.129 e. The molecule has 0 unspecified atom stereocenters. The van der Waals surface area contributed by atoms with Gasteiger partial charge >= 0.3 is 0 Å². The van der Waals surface area contributed by atoms with E-state index in [0.29, 0.717) is 12.0 Å². The van der Waals surface area contributed by atoms with Gasteiger partial charge in [-0.3, -0.25) is 0 Å². The van der Waals surface area contributed by atoms with Crippen LogP contribution >= 0.6 is 0 Å². The van der Waals surface area contributed by atoms with Gasteiger partial charge in [-0.25, -0.2) is 0 Å². The zero-order chi connectivity index (χ0) is 9.86. The molecule has 0 amide bonds. The van der Waals surface area contributed by atoms with E-state index in [9.17, 15) is 0 Å². The van der Waals surface area contributed by atoms with E-state index in [2.05, 4.69) is 0 Å². The zero-order valence-electron chi connectivity index (χ0n) is 8.37. The van der Waals surface area contributed by atoms with E-state index in [1.807, 2.05) is 12.1 Å². The first kappa shape index (κ1) is 9.74. The number of furan rings is 1. The highest BCUT2D eigenvalue weighted by molar-refractivity contribution is 4.97. The number of rotatable bonds is 6. The second kappa shape index (κ2) is 4.15. The van der Waals surface area contributed by atoms with Crippen LogP contribution in [-0.2, 0) is 11.3 Å². The molecule has 0 atom stereocenters. The summed E-state index contributed by atoms with van der Waals surface area (Å²) in [5, 5.41) is 0. The maximum absolute atomic E-state index is 5.61. The van der Waals surface area contributed by atoms with Crippen molar-refractivity contribution in [1.82, 2.24) is 0 Å². The van der Waals surface area contributed by atoms with Gasteiger partial charge in [0.2, 0.25) is 0 Å². The van der Waals surface area contributed by atoms with Crippen LogP contribution < -0.4 is 5.73 Å². The van der Waals surface area contributed by atoms with Crippen LogP contribution in [0.2, 0.25) is 0 Å². The van der Waals surface area contributed by atoms with Crippen molar-refractivity contribution in [1.29, 1.82) is 0 Å². The Hall–Kier alpha value is -0.800. The second-order valence-corrected chi connectivity index (χ2v) is 4.11. The lowest BCUT2D eigenvalue weighted by atomic mass is 10.0. The molecule has 0 saturated heterocycles. The fourth-order valence-corrected chi connectivity index (χ4v) is 1.71. The highest BCUT2D eigenvalue weighted by atomic mass is 16.5. The third kappa shape index (κ3) is 2.36. The van der Waals surface area contributed by atoms with Crippen LogP contribution in [0.5, 0.6) is 0 Å². The van der Waals surface area contributed by atoms with Gasteiger partial charge in [0.1, 0.15) is 12.4 Å². The summed E-state index contributed by atoms with van der Waals surface area (Å²) in [6.07, 6.45) is 5.29. The first-order chi connectivity index (χ1) is 6.85. The first-order valence-corrected chi connectivity index (χ1v) is 5.15. The largest absolute Gasteiger partial charge is 0.467 e. The van der Waals surface area contributed by atoms with Crippen molar-refractivity contribution in [3.63, 3.8) is 0 Å². The fraction of sp³-hybridized carbons (Fsp3) is 0.636. The van der Waals surface area contributed by atoms with Gasteiger partial charge in [0.05, 0.1) is 12.9 Å². The van der Waals surface area contributed by atoms with E-state index in [0.717, 1.165) is 25.3 Å². The van der Waals surface area contributed by atoms with Gasteiger partial charge in [-0.15, -0.1) is 0 Å². The monoisotopic (exact) mass is 195 g/mol. The van der Waals surface area contributed by atoms with Gasteiger partial charge in [0, 0.05) is 0 Å². The Labute approximate surface area is 84.2 Å². The zero-order valence-corrected chi connectivity index (χ0v) is 8.37. The molecule has 14 heavy (non-hydrogen) atoms. The fourth-order valence-electron chi connectivity index (χ4n) is 1.71. The van der Waals surface area contributed by atoms with Crippen LogP contribution in [0.3, 0.4) is 0 Å². The van der Waals surface area contributed by atoms with Gasteiger partial charge in [-0.1, -0.05) is 0 Å². The van der Waals surface area contributed by atoms with Crippen LogP contribution in [0.25, 0.3) is 0 Å². The average molecular weight is 195 g/mol. The molecule has 0 aromatic carbocycles. The van der Waals surface area contributed by atoms with Crippen LogP contribution in [0.1, 0.15) is 25.0 Å². The van der Waals surface area contributed by atoms with Crippen molar-refractivity contribution in [2.24, 2.45) is 11.1 Å². The third-order valence-electron chi connectivity index (χ3n) is 2.86. The summed E-state index contributed by atoms with van der Waals surface area (Å²) >= 11 is 0. The van der Waals surface area contributed by atoms with Gasteiger partial charge < -0.3 is 14.9 Å². The highest BCUT2D eigenvalue weighted by Crippen LogP contribution is 2.48. The van der Waals surface area contributed by atoms with Crippen LogP contribution in [0, 0.1) is 5.41 Å². The van der Waals surface area contributed by atoms with Crippen molar-refractivity contribution >= 4 is 0 Å². The Bertz CT molecular complexity index is 265. The molecular formula is C11H17NO2. The predicted octanol–water partition coefficient (Wildman–Crippen LogP) is 1.93. The van der Waals surface area contributed by atoms with Gasteiger partial charge in [0.25, 0.3) is 0 Å². The van der Waals surface area contributed by atoms with Crippen molar-refractivity contribution in [3.8, 4) is 0 Å². The molecule has 1 aromatic heterocycles. The van der Waals surface area contributed by atoms with Crippen LogP contribution in [0.15, 0.2) is 22.8 Å². The standard InChI is InChI=1S/C11H17NO2/c12-6-5-11(3-4-11)9-13-8-10-2-1-7-14-10/h1-2,7H,3-6,8-9,12H2. The summed E-state index contributed by atoms with van der Waals surface area (Å²) in [5.41, 5.74) is 5.95. The second-order valence-electron chi connectivity index (χ2n) is 4.11. The summed E-state index contributed by atoms with van der Waals surface area (Å²) in [6.45, 7) is 2.17. The lowest BCUT2D eigenvalue weighted by Crippen LogP contribution is -2.15. The molecule has 1 fully saturated rings. The van der Waals surface area contributed by atoms with E-state index in [-0.39, 0.29) is 0 Å². The molecule has 2 N–H and O–H groups in total. The molecule has 78 valence electrons. The Morgan fingerprint density at radius 2 is 2.36 bits per heavy atom. The summed E-state index contributed by atoms with van der Waals surface area (Å²) in [5.74, 6) is 0.897. The molecule has 3 heteroatoms. The molecule has 1 heterocycles. The predicted molar refractivity (Wildman–Crippen MR) is 53.7 cm³/mol. The summed E-state index contributed by atoms with van der Waals surface area (Å²) < 4.78 is 10.8. The summed E-state index contributed by atoms with van der Waals surface area (Å²) in [7, 11) is 0. The topological polar surface area (TPSA) is 48.4 Å². The molecule has 1 aromatic rings. The lowest BCUT2D eigenvalue weighted by molar-refractivity contribution is 0.0650. The number of nitrogens with two attached hydrogens (primary N) is 1. The van der Waals surface area contributed by atoms with E-state index in [4.69, 9.17) is 14.9 Å². The summed E-state index contributed by atoms with van der Waals surface area (Å²) in [4.78, 5) is 0. The van der Waals surface area contributed by atoms with Crippen molar-refractivity contribution < 1.29 is 9.15 Å². The molecule has 1 aliphatic carbocycles. The highest BCUT2D eigenvalue weighted by Gasteiger charge is 2.41. The molecule has 0 aliphatic heterocycles. The molecule has 0 bridgehead atoms. The molecule has 0 spiro atoms. The van der Waals surface area contributed by atoms with E-state index < -0.39 is 0 Å². The van der Waals surface area contributed by atoms with E-state index in [1.165, 1.54) is 12.8 Å². The Kier molecular flexibility index (Phi) is 2.89. The molecule has 1 aliphatic rings. The normalized spacial score (nSPS) is 18.4. The number of hydrogen-bond donors (Lipinski definition) is 1. The molecular weight excluding hydrogens is 178 g/mol. The lowest BCUT2D eigenvalue weighted by Gasteiger charge is -2.13. The maximum atomic E-state index is 5.61. The van der Waals surface area contributed by atoms with Gasteiger partial charge in [0.15, 0.2) is 0 Å². The number of ether oxygens (including phenoxy) is 1. The molecule has 0 radical (unpaired) electrons. The SMILES string of the molecule is NCCC1(COCc2ccco2)CC1. The van der Waals surface area contributed by atoms with E-state index in [1.54, 1.807) is 6.26 Å². The van der Waals surface area contributed by atoms with E-state index >= 15 is 0 Å².